The van der Waals surface area contributed by atoms with Crippen molar-refractivity contribution < 1.29 is 13.2 Å². The van der Waals surface area contributed by atoms with Crippen molar-refractivity contribution in [1.82, 2.24) is 5.32 Å². The predicted molar refractivity (Wildman–Crippen MR) is 115 cm³/mol. The van der Waals surface area contributed by atoms with Crippen molar-refractivity contribution in [2.24, 2.45) is 0 Å². The van der Waals surface area contributed by atoms with Crippen LogP contribution in [0.15, 0.2) is 48.5 Å². The molecular formula is C22H30N2O3S. The molecule has 2 aromatic rings. The average molecular weight is 403 g/mol. The van der Waals surface area contributed by atoms with Crippen molar-refractivity contribution in [3.05, 3.63) is 65.2 Å². The van der Waals surface area contributed by atoms with Crippen LogP contribution in [0.5, 0.6) is 0 Å². The number of rotatable bonds is 9. The minimum absolute atomic E-state index is 0.266. The minimum atomic E-state index is -3.59. The lowest BCUT2D eigenvalue weighted by molar-refractivity contribution is -0.122. The standard InChI is InChI=1S/C22H30N2O3S/c1-5-21(24(28(4,26)27)20-14-10-18(3)11-15-20)22(25)23-16-6-7-19-12-8-17(2)9-13-19/h8-15,21H,5-7,16H2,1-4H3,(H,23,25)/t21-/m1/s1. The largest absolute Gasteiger partial charge is 0.354 e. The molecule has 0 saturated heterocycles. The number of amides is 1. The van der Waals surface area contributed by atoms with Gasteiger partial charge < -0.3 is 5.32 Å². The van der Waals surface area contributed by atoms with Crippen LogP contribution in [-0.4, -0.2) is 33.2 Å². The minimum Gasteiger partial charge on any atom is -0.354 e. The number of benzene rings is 2. The summed E-state index contributed by atoms with van der Waals surface area (Å²) < 4.78 is 26.0. The Hall–Kier alpha value is -2.34. The number of carbonyl (C=O) groups is 1. The first-order chi connectivity index (χ1) is 13.2. The summed E-state index contributed by atoms with van der Waals surface area (Å²) in [4.78, 5) is 12.7. The van der Waals surface area contributed by atoms with E-state index in [9.17, 15) is 13.2 Å². The van der Waals surface area contributed by atoms with E-state index in [1.54, 1.807) is 12.1 Å². The molecule has 0 aliphatic rings. The lowest BCUT2D eigenvalue weighted by Gasteiger charge is -2.30. The molecule has 0 saturated carbocycles. The first-order valence-corrected chi connectivity index (χ1v) is 11.5. The normalized spacial score (nSPS) is 12.4. The molecule has 0 aliphatic heterocycles. The molecular weight excluding hydrogens is 372 g/mol. The number of carbonyl (C=O) groups excluding carboxylic acids is 1. The molecule has 0 radical (unpaired) electrons. The number of nitrogens with one attached hydrogen (secondary N) is 1. The van der Waals surface area contributed by atoms with Crippen molar-refractivity contribution in [1.29, 1.82) is 0 Å². The third-order valence-electron chi connectivity index (χ3n) is 4.68. The van der Waals surface area contributed by atoms with Gasteiger partial charge in [-0.2, -0.15) is 0 Å². The van der Waals surface area contributed by atoms with Crippen LogP contribution in [0.1, 0.15) is 36.5 Å². The lowest BCUT2D eigenvalue weighted by Crippen LogP contribution is -2.49. The Morgan fingerprint density at radius 1 is 1.00 bits per heavy atom. The molecule has 0 bridgehead atoms. The van der Waals surface area contributed by atoms with Crippen molar-refractivity contribution >= 4 is 21.6 Å². The molecule has 152 valence electrons. The molecule has 2 aromatic carbocycles. The predicted octanol–water partition coefficient (Wildman–Crippen LogP) is 3.60. The van der Waals surface area contributed by atoms with Crippen LogP contribution in [0.2, 0.25) is 0 Å². The molecule has 1 N–H and O–H groups in total. The van der Waals surface area contributed by atoms with Crippen molar-refractivity contribution in [2.75, 3.05) is 17.1 Å². The van der Waals surface area contributed by atoms with Crippen LogP contribution < -0.4 is 9.62 Å². The van der Waals surface area contributed by atoms with E-state index in [1.165, 1.54) is 15.4 Å². The summed E-state index contributed by atoms with van der Waals surface area (Å²) in [7, 11) is -3.59. The van der Waals surface area contributed by atoms with E-state index in [1.807, 2.05) is 26.0 Å². The SMILES string of the molecule is CC[C@H](C(=O)NCCCc1ccc(C)cc1)N(c1ccc(C)cc1)S(C)(=O)=O. The average Bonchev–Trinajstić information content (AvgIpc) is 2.64. The number of hydrogen-bond acceptors (Lipinski definition) is 3. The summed E-state index contributed by atoms with van der Waals surface area (Å²) in [6.45, 7) is 6.32. The summed E-state index contributed by atoms with van der Waals surface area (Å²) in [5.74, 6) is -0.266. The van der Waals surface area contributed by atoms with Crippen molar-refractivity contribution in [2.45, 2.75) is 46.1 Å². The van der Waals surface area contributed by atoms with Gasteiger partial charge in [0.1, 0.15) is 6.04 Å². The highest BCUT2D eigenvalue weighted by Crippen LogP contribution is 2.23. The van der Waals surface area contributed by atoms with E-state index in [2.05, 4.69) is 36.5 Å². The third kappa shape index (κ3) is 6.09. The summed E-state index contributed by atoms with van der Waals surface area (Å²) in [5.41, 5.74) is 3.99. The van der Waals surface area contributed by atoms with E-state index in [-0.39, 0.29) is 5.91 Å². The summed E-state index contributed by atoms with van der Waals surface area (Å²) in [6, 6.07) is 14.7. The second-order valence-electron chi connectivity index (χ2n) is 7.20. The van der Waals surface area contributed by atoms with E-state index in [4.69, 9.17) is 0 Å². The molecule has 0 aromatic heterocycles. The van der Waals surface area contributed by atoms with E-state index >= 15 is 0 Å². The van der Waals surface area contributed by atoms with Gasteiger partial charge in [-0.05, 0) is 50.8 Å². The van der Waals surface area contributed by atoms with Crippen molar-refractivity contribution in [3.8, 4) is 0 Å². The van der Waals surface area contributed by atoms with Crippen LogP contribution in [0.25, 0.3) is 0 Å². The summed E-state index contributed by atoms with van der Waals surface area (Å²) in [5, 5.41) is 2.90. The summed E-state index contributed by atoms with van der Waals surface area (Å²) >= 11 is 0. The van der Waals surface area contributed by atoms with Gasteiger partial charge in [0.05, 0.1) is 11.9 Å². The van der Waals surface area contributed by atoms with Gasteiger partial charge in [0, 0.05) is 6.54 Å². The second-order valence-corrected chi connectivity index (χ2v) is 9.06. The maximum atomic E-state index is 12.7. The molecule has 2 rings (SSSR count). The maximum absolute atomic E-state index is 12.7. The van der Waals surface area contributed by atoms with Crippen LogP contribution in [0, 0.1) is 13.8 Å². The number of nitrogens with zero attached hydrogens (tertiary/aromatic N) is 1. The fourth-order valence-corrected chi connectivity index (χ4v) is 4.34. The first-order valence-electron chi connectivity index (χ1n) is 9.61. The van der Waals surface area contributed by atoms with E-state index < -0.39 is 16.1 Å². The van der Waals surface area contributed by atoms with Gasteiger partial charge >= 0.3 is 0 Å². The third-order valence-corrected chi connectivity index (χ3v) is 5.86. The molecule has 0 unspecified atom stereocenters. The Morgan fingerprint density at radius 3 is 2.04 bits per heavy atom. The Labute approximate surface area is 168 Å². The zero-order chi connectivity index (χ0) is 20.7. The topological polar surface area (TPSA) is 66.5 Å². The van der Waals surface area contributed by atoms with Gasteiger partial charge in [0.15, 0.2) is 0 Å². The zero-order valence-electron chi connectivity index (χ0n) is 17.1. The first kappa shape index (κ1) is 22.0. The highest BCUT2D eigenvalue weighted by molar-refractivity contribution is 7.92. The molecule has 28 heavy (non-hydrogen) atoms. The number of hydrogen-bond donors (Lipinski definition) is 1. The number of anilines is 1. The van der Waals surface area contributed by atoms with Crippen molar-refractivity contribution in [3.63, 3.8) is 0 Å². The lowest BCUT2D eigenvalue weighted by atomic mass is 10.1. The van der Waals surface area contributed by atoms with Gasteiger partial charge in [0.25, 0.3) is 0 Å². The smallest absolute Gasteiger partial charge is 0.243 e. The highest BCUT2D eigenvalue weighted by Gasteiger charge is 2.31. The Morgan fingerprint density at radius 2 is 1.54 bits per heavy atom. The molecule has 6 heteroatoms. The van der Waals surface area contributed by atoms with E-state index in [0.29, 0.717) is 18.7 Å². The molecule has 1 atom stereocenters. The highest BCUT2D eigenvalue weighted by atomic mass is 32.2. The molecule has 0 heterocycles. The van der Waals surface area contributed by atoms with Gasteiger partial charge in [0.2, 0.25) is 15.9 Å². The molecule has 0 aliphatic carbocycles. The Bertz CT molecular complexity index is 875. The van der Waals surface area contributed by atoms with Gasteiger partial charge in [-0.1, -0.05) is 54.4 Å². The fourth-order valence-electron chi connectivity index (χ4n) is 3.13. The van der Waals surface area contributed by atoms with Gasteiger partial charge in [-0.15, -0.1) is 0 Å². The van der Waals surface area contributed by atoms with Crippen LogP contribution in [0.4, 0.5) is 5.69 Å². The molecule has 1 amide bonds. The number of aryl methyl sites for hydroxylation is 3. The fraction of sp³-hybridized carbons (Fsp3) is 0.409. The Balaban J connectivity index is 2.02. The number of sulfonamides is 1. The molecule has 0 fully saturated rings. The zero-order valence-corrected chi connectivity index (χ0v) is 17.9. The van der Waals surface area contributed by atoms with Crippen LogP contribution >= 0.6 is 0 Å². The Kier molecular flexibility index (Phi) is 7.63. The van der Waals surface area contributed by atoms with Crippen LogP contribution in [0.3, 0.4) is 0 Å². The molecule has 0 spiro atoms. The van der Waals surface area contributed by atoms with E-state index in [0.717, 1.165) is 24.7 Å². The summed E-state index contributed by atoms with van der Waals surface area (Å²) in [6.07, 6.45) is 3.20. The van der Waals surface area contributed by atoms with Gasteiger partial charge in [-0.3, -0.25) is 9.10 Å². The second kappa shape index (κ2) is 9.73. The quantitative estimate of drug-likeness (QED) is 0.652. The van der Waals surface area contributed by atoms with Gasteiger partial charge in [-0.25, -0.2) is 8.42 Å². The van der Waals surface area contributed by atoms with Crippen LogP contribution in [-0.2, 0) is 21.2 Å². The maximum Gasteiger partial charge on any atom is 0.243 e. The molecule has 5 nitrogen and oxygen atoms in total. The monoisotopic (exact) mass is 402 g/mol.